The van der Waals surface area contributed by atoms with E-state index >= 15 is 0 Å². The summed E-state index contributed by atoms with van der Waals surface area (Å²) in [6.45, 7) is 2.01. The quantitative estimate of drug-likeness (QED) is 0.558. The number of carboxylic acid groups (broad SMARTS) is 1. The van der Waals surface area contributed by atoms with Gasteiger partial charge in [0.05, 0.1) is 0 Å². The van der Waals surface area contributed by atoms with Crippen LogP contribution >= 0.6 is 0 Å². The molecule has 1 unspecified atom stereocenters. The van der Waals surface area contributed by atoms with Gasteiger partial charge in [-0.1, -0.05) is 0 Å². The van der Waals surface area contributed by atoms with Crippen LogP contribution in [0.1, 0.15) is 12.8 Å². The normalized spacial score (nSPS) is 27.1. The number of rotatable bonds is 1. The van der Waals surface area contributed by atoms with Gasteiger partial charge in [-0.3, -0.25) is 4.79 Å². The lowest BCUT2D eigenvalue weighted by molar-refractivity contribution is -0.140. The molecule has 4 nitrogen and oxygen atoms in total. The van der Waals surface area contributed by atoms with Crippen molar-refractivity contribution in [1.82, 2.24) is 5.32 Å². The lowest BCUT2D eigenvalue weighted by Crippen LogP contribution is -2.39. The van der Waals surface area contributed by atoms with Gasteiger partial charge in [-0.15, -0.1) is 0 Å². The van der Waals surface area contributed by atoms with Crippen molar-refractivity contribution in [1.29, 1.82) is 0 Å². The molecular formula is C7H13NO3. The molecule has 11 heavy (non-hydrogen) atoms. The van der Waals surface area contributed by atoms with Crippen molar-refractivity contribution < 1.29 is 14.6 Å². The second kappa shape index (κ2) is 4.31. The molecule has 64 valence electrons. The monoisotopic (exact) mass is 159 g/mol. The van der Waals surface area contributed by atoms with Crippen LogP contribution < -0.4 is 5.32 Å². The zero-order chi connectivity index (χ0) is 8.10. The molecule has 0 aliphatic carbocycles. The predicted molar refractivity (Wildman–Crippen MR) is 39.5 cm³/mol. The van der Waals surface area contributed by atoms with E-state index < -0.39 is 12.0 Å². The van der Waals surface area contributed by atoms with E-state index in [0.717, 1.165) is 19.6 Å². The summed E-state index contributed by atoms with van der Waals surface area (Å²) in [4.78, 5) is 10.5. The third-order valence-electron chi connectivity index (χ3n) is 1.71. The summed E-state index contributed by atoms with van der Waals surface area (Å²) in [6.07, 6.45) is 1.46. The molecule has 2 N–H and O–H groups in total. The number of hydrogen-bond acceptors (Lipinski definition) is 3. The van der Waals surface area contributed by atoms with Crippen LogP contribution in [0.25, 0.3) is 0 Å². The van der Waals surface area contributed by atoms with Crippen LogP contribution in [0, 0.1) is 0 Å². The van der Waals surface area contributed by atoms with Crippen LogP contribution in [0.5, 0.6) is 0 Å². The highest BCUT2D eigenvalue weighted by Gasteiger charge is 2.16. The van der Waals surface area contributed by atoms with E-state index in [2.05, 4.69) is 5.32 Å². The van der Waals surface area contributed by atoms with Gasteiger partial charge in [0.1, 0.15) is 6.04 Å². The van der Waals surface area contributed by atoms with Gasteiger partial charge in [0, 0.05) is 13.2 Å². The molecular weight excluding hydrogens is 146 g/mol. The highest BCUT2D eigenvalue weighted by molar-refractivity contribution is 5.73. The molecule has 0 bridgehead atoms. The van der Waals surface area contributed by atoms with Gasteiger partial charge in [-0.05, 0) is 19.4 Å². The maximum atomic E-state index is 10.5. The van der Waals surface area contributed by atoms with Crippen molar-refractivity contribution in [2.45, 2.75) is 18.9 Å². The molecule has 4 heteroatoms. The summed E-state index contributed by atoms with van der Waals surface area (Å²) >= 11 is 0. The molecule has 1 aliphatic rings. The van der Waals surface area contributed by atoms with Gasteiger partial charge in [-0.25, -0.2) is 0 Å². The first kappa shape index (κ1) is 8.49. The van der Waals surface area contributed by atoms with Crippen molar-refractivity contribution in [3.63, 3.8) is 0 Å². The minimum atomic E-state index is -0.782. The lowest BCUT2D eigenvalue weighted by Gasteiger charge is -2.17. The molecule has 0 aromatic heterocycles. The number of carboxylic acids is 1. The van der Waals surface area contributed by atoms with Crippen molar-refractivity contribution >= 4 is 5.97 Å². The highest BCUT2D eigenvalue weighted by atomic mass is 16.5. The molecule has 1 saturated heterocycles. The molecule has 0 amide bonds. The molecule has 0 radical (unpaired) electrons. The van der Waals surface area contributed by atoms with Crippen LogP contribution in [0.3, 0.4) is 0 Å². The molecule has 0 saturated carbocycles. The summed E-state index contributed by atoms with van der Waals surface area (Å²) in [5.74, 6) is -0.782. The number of ether oxygens (including phenoxy) is 1. The van der Waals surface area contributed by atoms with Crippen LogP contribution in [0.2, 0.25) is 0 Å². The Morgan fingerprint density at radius 2 is 2.36 bits per heavy atom. The maximum Gasteiger partial charge on any atom is 0.320 e. The Balaban J connectivity index is 2.32. The molecule has 1 rings (SSSR count). The van der Waals surface area contributed by atoms with Crippen molar-refractivity contribution in [2.24, 2.45) is 0 Å². The molecule has 1 fully saturated rings. The van der Waals surface area contributed by atoms with Gasteiger partial charge in [0.2, 0.25) is 0 Å². The van der Waals surface area contributed by atoms with Crippen LogP contribution in [-0.4, -0.2) is 36.9 Å². The second-order valence-corrected chi connectivity index (χ2v) is 2.60. The van der Waals surface area contributed by atoms with E-state index in [4.69, 9.17) is 9.84 Å². The standard InChI is InChI=1S/C7H13NO3/c9-7(10)6-2-5-11-4-1-3-8-6/h6,8H,1-5H2,(H,9,10). The largest absolute Gasteiger partial charge is 0.480 e. The minimum Gasteiger partial charge on any atom is -0.480 e. The Hall–Kier alpha value is -0.610. The van der Waals surface area contributed by atoms with Crippen LogP contribution in [-0.2, 0) is 9.53 Å². The van der Waals surface area contributed by atoms with E-state index in [1.165, 1.54) is 0 Å². The fraction of sp³-hybridized carbons (Fsp3) is 0.857. The van der Waals surface area contributed by atoms with Crippen LogP contribution in [0.15, 0.2) is 0 Å². The molecule has 1 aliphatic heterocycles. The molecule has 0 aromatic carbocycles. The fourth-order valence-electron chi connectivity index (χ4n) is 1.07. The van der Waals surface area contributed by atoms with Crippen molar-refractivity contribution in [2.75, 3.05) is 19.8 Å². The van der Waals surface area contributed by atoms with Gasteiger partial charge in [0.25, 0.3) is 0 Å². The van der Waals surface area contributed by atoms with Crippen molar-refractivity contribution in [3.05, 3.63) is 0 Å². The first-order chi connectivity index (χ1) is 5.30. The third-order valence-corrected chi connectivity index (χ3v) is 1.71. The highest BCUT2D eigenvalue weighted by Crippen LogP contribution is 1.97. The predicted octanol–water partition coefficient (Wildman–Crippen LogP) is -0.160. The Bertz CT molecular complexity index is 130. The van der Waals surface area contributed by atoms with Gasteiger partial charge in [0.15, 0.2) is 0 Å². The summed E-state index contributed by atoms with van der Waals surface area (Å²) in [6, 6.07) is -0.421. The average Bonchev–Trinajstić information content (AvgIpc) is 1.84. The zero-order valence-electron chi connectivity index (χ0n) is 6.38. The number of hydrogen-bond donors (Lipinski definition) is 2. The second-order valence-electron chi connectivity index (χ2n) is 2.60. The average molecular weight is 159 g/mol. The SMILES string of the molecule is O=C(O)C1CCOCCCN1. The third kappa shape index (κ3) is 2.86. The Labute approximate surface area is 65.5 Å². The number of carbonyl (C=O) groups is 1. The summed E-state index contributed by atoms with van der Waals surface area (Å²) in [5, 5.41) is 11.6. The van der Waals surface area contributed by atoms with Crippen molar-refractivity contribution in [3.8, 4) is 0 Å². The lowest BCUT2D eigenvalue weighted by atomic mass is 10.2. The summed E-state index contributed by atoms with van der Waals surface area (Å²) in [5.41, 5.74) is 0. The van der Waals surface area contributed by atoms with Gasteiger partial charge in [-0.2, -0.15) is 0 Å². The fourth-order valence-corrected chi connectivity index (χ4v) is 1.07. The molecule has 1 heterocycles. The molecule has 0 spiro atoms. The first-order valence-electron chi connectivity index (χ1n) is 3.84. The number of nitrogens with one attached hydrogen (secondary N) is 1. The zero-order valence-corrected chi connectivity index (χ0v) is 6.38. The summed E-state index contributed by atoms with van der Waals surface area (Å²) < 4.78 is 5.15. The van der Waals surface area contributed by atoms with E-state index in [1.807, 2.05) is 0 Å². The number of aliphatic carboxylic acids is 1. The smallest absolute Gasteiger partial charge is 0.320 e. The Kier molecular flexibility index (Phi) is 3.32. The van der Waals surface area contributed by atoms with Gasteiger partial charge >= 0.3 is 5.97 Å². The minimum absolute atomic E-state index is 0.421. The van der Waals surface area contributed by atoms with Gasteiger partial charge < -0.3 is 15.2 Å². The van der Waals surface area contributed by atoms with E-state index in [1.54, 1.807) is 0 Å². The topological polar surface area (TPSA) is 58.6 Å². The molecule has 0 aromatic rings. The van der Waals surface area contributed by atoms with Crippen LogP contribution in [0.4, 0.5) is 0 Å². The van der Waals surface area contributed by atoms with E-state index in [-0.39, 0.29) is 0 Å². The summed E-state index contributed by atoms with van der Waals surface area (Å²) in [7, 11) is 0. The van der Waals surface area contributed by atoms with E-state index in [9.17, 15) is 4.79 Å². The van der Waals surface area contributed by atoms with E-state index in [0.29, 0.717) is 13.0 Å². The Morgan fingerprint density at radius 1 is 1.55 bits per heavy atom. The Morgan fingerprint density at radius 3 is 3.09 bits per heavy atom. The maximum absolute atomic E-state index is 10.5. The first-order valence-corrected chi connectivity index (χ1v) is 3.84. The molecule has 1 atom stereocenters.